The van der Waals surface area contributed by atoms with E-state index in [1.54, 1.807) is 31.0 Å². The molecule has 6 rings (SSSR count). The van der Waals surface area contributed by atoms with Crippen molar-refractivity contribution < 1.29 is 9.52 Å². The van der Waals surface area contributed by atoms with Gasteiger partial charge in [-0.05, 0) is 35.9 Å². The highest BCUT2D eigenvalue weighted by Crippen LogP contribution is 2.32. The molecule has 8 nitrogen and oxygen atoms in total. The molecule has 6 aromatic rings. The number of nitrogens with zero attached hydrogens (tertiary/aromatic N) is 4. The molecule has 3 N–H and O–H groups in total. The number of nitrogens with one attached hydrogen (secondary N) is 2. The van der Waals surface area contributed by atoms with Crippen LogP contribution in [0.15, 0.2) is 71.9 Å². The second kappa shape index (κ2) is 6.28. The molecular weight excluding hydrogens is 380 g/mol. The van der Waals surface area contributed by atoms with Crippen LogP contribution in [-0.4, -0.2) is 35.2 Å². The summed E-state index contributed by atoms with van der Waals surface area (Å²) in [6.07, 6.45) is 8.12. The van der Waals surface area contributed by atoms with Gasteiger partial charge in [0.25, 0.3) is 0 Å². The van der Waals surface area contributed by atoms with Gasteiger partial charge in [-0.15, -0.1) is 0 Å². The number of hydrogen-bond acceptors (Lipinski definition) is 6. The van der Waals surface area contributed by atoms with Crippen molar-refractivity contribution in [2.24, 2.45) is 0 Å². The third-order valence-electron chi connectivity index (χ3n) is 5.04. The van der Waals surface area contributed by atoms with E-state index in [1.807, 2.05) is 30.3 Å². The lowest BCUT2D eigenvalue weighted by molar-refractivity contribution is 0.473. The maximum Gasteiger partial charge on any atom is 0.159 e. The van der Waals surface area contributed by atoms with Crippen molar-refractivity contribution in [1.29, 1.82) is 0 Å². The summed E-state index contributed by atoms with van der Waals surface area (Å²) in [6, 6.07) is 11.3. The van der Waals surface area contributed by atoms with Gasteiger partial charge in [-0.2, -0.15) is 5.10 Å². The van der Waals surface area contributed by atoms with E-state index in [-0.39, 0.29) is 5.75 Å². The molecule has 30 heavy (non-hydrogen) atoms. The van der Waals surface area contributed by atoms with Crippen LogP contribution in [0.1, 0.15) is 0 Å². The zero-order chi connectivity index (χ0) is 20.1. The molecule has 0 aliphatic heterocycles. The standard InChI is InChI=1S/C22H14N6O2/c29-15-7-14(9-23-10-15)12-1-2-17-16(8-12)20(28-27-17)22-25-18-3-5-24-19(21(18)26-22)13-4-6-30-11-13/h1-11,29H,(H,25,26)(H,27,28). The Balaban J connectivity index is 1.52. The zero-order valence-corrected chi connectivity index (χ0v) is 15.5. The van der Waals surface area contributed by atoms with E-state index < -0.39 is 0 Å². The van der Waals surface area contributed by atoms with Crippen molar-refractivity contribution in [2.45, 2.75) is 0 Å². The number of aromatic hydroxyl groups is 1. The molecule has 0 unspecified atom stereocenters. The van der Waals surface area contributed by atoms with Crippen molar-refractivity contribution in [3.8, 4) is 39.7 Å². The number of pyridine rings is 2. The smallest absolute Gasteiger partial charge is 0.159 e. The van der Waals surface area contributed by atoms with E-state index in [9.17, 15) is 5.11 Å². The molecule has 5 aromatic heterocycles. The average molecular weight is 394 g/mol. The van der Waals surface area contributed by atoms with E-state index in [0.29, 0.717) is 11.5 Å². The Kier molecular flexibility index (Phi) is 3.45. The molecule has 144 valence electrons. The van der Waals surface area contributed by atoms with Gasteiger partial charge in [0, 0.05) is 28.9 Å². The molecule has 0 spiro atoms. The SMILES string of the molecule is Oc1cncc(-c2ccc3[nH]nc(-c4nc5c(-c6ccoc6)nccc5[nH]4)c3c2)c1. The number of furan rings is 1. The number of benzene rings is 1. The predicted octanol–water partition coefficient (Wildman–Crippen LogP) is 4.53. The van der Waals surface area contributed by atoms with E-state index in [0.717, 1.165) is 44.3 Å². The van der Waals surface area contributed by atoms with Gasteiger partial charge in [-0.3, -0.25) is 15.1 Å². The third-order valence-corrected chi connectivity index (χ3v) is 5.04. The summed E-state index contributed by atoms with van der Waals surface area (Å²) < 4.78 is 5.20. The Morgan fingerprint density at radius 3 is 2.73 bits per heavy atom. The molecule has 0 radical (unpaired) electrons. The number of H-pyrrole nitrogens is 2. The lowest BCUT2D eigenvalue weighted by atomic mass is 10.0. The molecule has 0 atom stereocenters. The van der Waals surface area contributed by atoms with E-state index >= 15 is 0 Å². The van der Waals surface area contributed by atoms with Crippen LogP contribution in [0.3, 0.4) is 0 Å². The van der Waals surface area contributed by atoms with Crippen molar-refractivity contribution in [3.05, 3.63) is 67.5 Å². The Hall–Kier alpha value is -4.46. The maximum atomic E-state index is 9.76. The van der Waals surface area contributed by atoms with Crippen LogP contribution >= 0.6 is 0 Å². The van der Waals surface area contributed by atoms with Gasteiger partial charge in [-0.1, -0.05) is 6.07 Å². The minimum atomic E-state index is 0.122. The van der Waals surface area contributed by atoms with Gasteiger partial charge in [0.15, 0.2) is 5.82 Å². The lowest BCUT2D eigenvalue weighted by Crippen LogP contribution is -1.84. The molecule has 0 aliphatic rings. The highest BCUT2D eigenvalue weighted by molar-refractivity contribution is 5.97. The predicted molar refractivity (Wildman–Crippen MR) is 112 cm³/mol. The molecule has 0 fully saturated rings. The highest BCUT2D eigenvalue weighted by atomic mass is 16.3. The van der Waals surface area contributed by atoms with Crippen molar-refractivity contribution in [1.82, 2.24) is 30.1 Å². The first-order chi connectivity index (χ1) is 14.8. The fourth-order valence-corrected chi connectivity index (χ4v) is 3.62. The molecule has 5 heterocycles. The molecule has 0 saturated heterocycles. The summed E-state index contributed by atoms with van der Waals surface area (Å²) in [4.78, 5) is 16.7. The molecule has 0 saturated carbocycles. The molecular formula is C22H14N6O2. The first-order valence-corrected chi connectivity index (χ1v) is 9.26. The van der Waals surface area contributed by atoms with Crippen molar-refractivity contribution >= 4 is 21.9 Å². The summed E-state index contributed by atoms with van der Waals surface area (Å²) in [5.41, 5.74) is 6.55. The Morgan fingerprint density at radius 2 is 1.87 bits per heavy atom. The first-order valence-electron chi connectivity index (χ1n) is 9.26. The minimum Gasteiger partial charge on any atom is -0.506 e. The van der Waals surface area contributed by atoms with E-state index in [1.165, 1.54) is 6.20 Å². The fourth-order valence-electron chi connectivity index (χ4n) is 3.62. The first kappa shape index (κ1) is 16.5. The van der Waals surface area contributed by atoms with Crippen molar-refractivity contribution in [2.75, 3.05) is 0 Å². The number of rotatable bonds is 3. The summed E-state index contributed by atoms with van der Waals surface area (Å²) in [5.74, 6) is 0.761. The van der Waals surface area contributed by atoms with Crippen LogP contribution in [0, 0.1) is 0 Å². The number of aromatic nitrogens is 6. The largest absolute Gasteiger partial charge is 0.506 e. The van der Waals surface area contributed by atoms with Gasteiger partial charge in [-0.25, -0.2) is 4.98 Å². The van der Waals surface area contributed by atoms with Gasteiger partial charge < -0.3 is 14.5 Å². The van der Waals surface area contributed by atoms with Crippen LogP contribution in [0.5, 0.6) is 5.75 Å². The zero-order valence-electron chi connectivity index (χ0n) is 15.5. The van der Waals surface area contributed by atoms with E-state index in [4.69, 9.17) is 9.40 Å². The topological polar surface area (TPSA) is 117 Å². The van der Waals surface area contributed by atoms with Crippen LogP contribution in [-0.2, 0) is 0 Å². The summed E-state index contributed by atoms with van der Waals surface area (Å²) in [7, 11) is 0. The number of aromatic amines is 2. The van der Waals surface area contributed by atoms with Gasteiger partial charge in [0.1, 0.15) is 22.7 Å². The Bertz CT molecular complexity index is 1510. The summed E-state index contributed by atoms with van der Waals surface area (Å²) >= 11 is 0. The van der Waals surface area contributed by atoms with Crippen LogP contribution in [0.25, 0.3) is 55.8 Å². The number of fused-ring (bicyclic) bond motifs is 2. The van der Waals surface area contributed by atoms with Crippen LogP contribution in [0.2, 0.25) is 0 Å². The number of hydrogen-bond donors (Lipinski definition) is 3. The lowest BCUT2D eigenvalue weighted by Gasteiger charge is -2.02. The molecule has 8 heteroatoms. The second-order valence-electron chi connectivity index (χ2n) is 6.92. The van der Waals surface area contributed by atoms with Gasteiger partial charge >= 0.3 is 0 Å². The fraction of sp³-hybridized carbons (Fsp3) is 0. The van der Waals surface area contributed by atoms with Crippen LogP contribution in [0.4, 0.5) is 0 Å². The Morgan fingerprint density at radius 1 is 0.900 bits per heavy atom. The molecule has 0 amide bonds. The second-order valence-corrected chi connectivity index (χ2v) is 6.92. The van der Waals surface area contributed by atoms with Gasteiger partial charge in [0.2, 0.25) is 0 Å². The van der Waals surface area contributed by atoms with E-state index in [2.05, 4.69) is 25.1 Å². The van der Waals surface area contributed by atoms with Crippen LogP contribution < -0.4 is 0 Å². The normalized spacial score (nSPS) is 11.5. The average Bonchev–Trinajstić information content (AvgIpc) is 3.51. The highest BCUT2D eigenvalue weighted by Gasteiger charge is 2.16. The quantitative estimate of drug-likeness (QED) is 0.406. The van der Waals surface area contributed by atoms with Crippen molar-refractivity contribution in [3.63, 3.8) is 0 Å². The molecule has 0 bridgehead atoms. The third kappa shape index (κ3) is 2.55. The summed E-state index contributed by atoms with van der Waals surface area (Å²) in [5, 5.41) is 18.2. The van der Waals surface area contributed by atoms with Gasteiger partial charge in [0.05, 0.1) is 29.8 Å². The minimum absolute atomic E-state index is 0.122. The molecule has 1 aromatic carbocycles. The summed E-state index contributed by atoms with van der Waals surface area (Å²) in [6.45, 7) is 0. The molecule has 0 aliphatic carbocycles. The monoisotopic (exact) mass is 394 g/mol. The number of imidazole rings is 1. The Labute approximate surface area is 169 Å². The maximum absolute atomic E-state index is 9.76.